The number of Topliss-reactive ketones (excluding diaryl/α,β-unsaturated/α-hetero) is 1. The van der Waals surface area contributed by atoms with Gasteiger partial charge in [0.1, 0.15) is 11.5 Å². The summed E-state index contributed by atoms with van der Waals surface area (Å²) in [7, 11) is 0. The highest BCUT2D eigenvalue weighted by molar-refractivity contribution is 8.93. The minimum atomic E-state index is -0.368. The number of nitrogens with zero attached hydrogens (tertiary/aromatic N) is 2. The van der Waals surface area contributed by atoms with E-state index in [4.69, 9.17) is 15.9 Å². The van der Waals surface area contributed by atoms with E-state index < -0.39 is 0 Å². The molecule has 0 unspecified atom stereocenters. The summed E-state index contributed by atoms with van der Waals surface area (Å²) in [5, 5.41) is 19.3. The average Bonchev–Trinajstić information content (AvgIpc) is 3.05. The van der Waals surface area contributed by atoms with Gasteiger partial charge in [-0.05, 0) is 49.4 Å². The molecule has 0 amide bonds. The number of benzene rings is 1. The van der Waals surface area contributed by atoms with E-state index in [0.29, 0.717) is 42.3 Å². The highest BCUT2D eigenvalue weighted by Crippen LogP contribution is 2.39. The number of carbonyl (C=O) groups excluding carboxylic acids is 1. The van der Waals surface area contributed by atoms with Gasteiger partial charge in [0.15, 0.2) is 17.3 Å². The van der Waals surface area contributed by atoms with Gasteiger partial charge in [0.05, 0.1) is 13.2 Å². The summed E-state index contributed by atoms with van der Waals surface area (Å²) >= 11 is 0. The summed E-state index contributed by atoms with van der Waals surface area (Å²) in [5.41, 5.74) is 8.85. The van der Waals surface area contributed by atoms with Crippen LogP contribution in [0.3, 0.4) is 0 Å². The van der Waals surface area contributed by atoms with Crippen molar-refractivity contribution in [3.63, 3.8) is 0 Å². The van der Waals surface area contributed by atoms with Crippen LogP contribution < -0.4 is 10.5 Å². The first-order valence-electron chi connectivity index (χ1n) is 11.2. The second kappa shape index (κ2) is 11.1. The number of amidine groups is 1. The number of fused-ring (bicyclic) bond motifs is 1. The number of pyridine rings is 1. The SMILES string of the molecule is Br.CCc1ccc2c(n1)C(=N)N(CC(=O)c1cc(OCCCCN)c(O)c(C(C)(C)C)c1)C2. The number of nitrogens with one attached hydrogen (secondary N) is 1. The molecule has 8 heteroatoms. The number of aromatic hydroxyl groups is 1. The molecule has 0 aliphatic carbocycles. The van der Waals surface area contributed by atoms with Gasteiger partial charge in [0.25, 0.3) is 0 Å². The number of halogens is 1. The van der Waals surface area contributed by atoms with E-state index in [1.54, 1.807) is 17.0 Å². The average molecular weight is 519 g/mol. The minimum absolute atomic E-state index is 0. The lowest BCUT2D eigenvalue weighted by Gasteiger charge is -2.24. The molecule has 1 aromatic heterocycles. The Labute approximate surface area is 206 Å². The first-order chi connectivity index (χ1) is 15.2. The largest absolute Gasteiger partial charge is 0.504 e. The van der Waals surface area contributed by atoms with E-state index in [1.807, 2.05) is 39.8 Å². The van der Waals surface area contributed by atoms with Gasteiger partial charge in [-0.1, -0.05) is 33.8 Å². The Kier molecular flexibility index (Phi) is 9.03. The quantitative estimate of drug-likeness (QED) is 0.335. The number of phenolic OH excluding ortho intramolecular Hbond substituents is 1. The van der Waals surface area contributed by atoms with Crippen molar-refractivity contribution in [2.75, 3.05) is 19.7 Å². The Balaban J connectivity index is 0.00000385. The number of carbonyl (C=O) groups is 1. The molecule has 1 aromatic carbocycles. The molecule has 0 bridgehead atoms. The highest BCUT2D eigenvalue weighted by atomic mass is 79.9. The first-order valence-corrected chi connectivity index (χ1v) is 11.2. The third-order valence-corrected chi connectivity index (χ3v) is 5.70. The van der Waals surface area contributed by atoms with Crippen molar-refractivity contribution in [1.29, 1.82) is 5.41 Å². The molecule has 7 nitrogen and oxygen atoms in total. The maximum atomic E-state index is 13.2. The van der Waals surface area contributed by atoms with Crippen LogP contribution in [-0.2, 0) is 18.4 Å². The Morgan fingerprint density at radius 3 is 2.64 bits per heavy atom. The number of hydrogen-bond donors (Lipinski definition) is 3. The van der Waals surface area contributed by atoms with E-state index in [2.05, 4.69) is 4.98 Å². The van der Waals surface area contributed by atoms with Crippen molar-refractivity contribution in [2.45, 2.75) is 58.9 Å². The summed E-state index contributed by atoms with van der Waals surface area (Å²) in [6, 6.07) is 7.31. The van der Waals surface area contributed by atoms with Gasteiger partial charge in [0, 0.05) is 28.9 Å². The molecule has 3 rings (SSSR count). The van der Waals surface area contributed by atoms with Crippen LogP contribution in [0, 0.1) is 5.41 Å². The second-order valence-electron chi connectivity index (χ2n) is 9.26. The van der Waals surface area contributed by atoms with Crippen LogP contribution in [0.25, 0.3) is 0 Å². The van der Waals surface area contributed by atoms with Gasteiger partial charge in [-0.15, -0.1) is 17.0 Å². The zero-order chi connectivity index (χ0) is 23.5. The fraction of sp³-hybridized carbons (Fsp3) is 0.480. The number of aromatic nitrogens is 1. The third kappa shape index (κ3) is 6.12. The fourth-order valence-electron chi connectivity index (χ4n) is 3.77. The molecule has 2 aromatic rings. The van der Waals surface area contributed by atoms with Crippen LogP contribution in [0.1, 0.15) is 73.4 Å². The fourth-order valence-corrected chi connectivity index (χ4v) is 3.77. The number of nitrogens with two attached hydrogens (primary N) is 1. The summed E-state index contributed by atoms with van der Waals surface area (Å²) in [6.45, 7) is 9.54. The molecular formula is C25H35BrN4O3. The van der Waals surface area contributed by atoms with Crippen LogP contribution in [0.4, 0.5) is 0 Å². The van der Waals surface area contributed by atoms with Crippen LogP contribution in [0.15, 0.2) is 24.3 Å². The number of ether oxygens (including phenoxy) is 1. The molecular weight excluding hydrogens is 484 g/mol. The summed E-state index contributed by atoms with van der Waals surface area (Å²) < 4.78 is 5.81. The van der Waals surface area contributed by atoms with E-state index >= 15 is 0 Å². The van der Waals surface area contributed by atoms with Gasteiger partial charge in [-0.25, -0.2) is 4.98 Å². The minimum Gasteiger partial charge on any atom is -0.504 e. The Morgan fingerprint density at radius 2 is 2.00 bits per heavy atom. The van der Waals surface area contributed by atoms with Gasteiger partial charge in [0.2, 0.25) is 0 Å². The Hall–Kier alpha value is -2.45. The number of phenols is 1. The van der Waals surface area contributed by atoms with Crippen molar-refractivity contribution in [3.8, 4) is 11.5 Å². The molecule has 1 aliphatic rings. The maximum absolute atomic E-state index is 13.2. The highest BCUT2D eigenvalue weighted by Gasteiger charge is 2.29. The number of aryl methyl sites for hydroxylation is 1. The zero-order valence-corrected chi connectivity index (χ0v) is 21.6. The molecule has 4 N–H and O–H groups in total. The molecule has 0 atom stereocenters. The van der Waals surface area contributed by atoms with Gasteiger partial charge >= 0.3 is 0 Å². The van der Waals surface area contributed by atoms with Crippen molar-refractivity contribution in [1.82, 2.24) is 9.88 Å². The van der Waals surface area contributed by atoms with Crippen LogP contribution in [-0.4, -0.2) is 46.3 Å². The summed E-state index contributed by atoms with van der Waals surface area (Å²) in [4.78, 5) is 19.5. The second-order valence-corrected chi connectivity index (χ2v) is 9.26. The van der Waals surface area contributed by atoms with Crippen LogP contribution >= 0.6 is 17.0 Å². The topological polar surface area (TPSA) is 113 Å². The lowest BCUT2D eigenvalue weighted by atomic mass is 9.84. The molecule has 180 valence electrons. The van der Waals surface area contributed by atoms with Crippen molar-refractivity contribution >= 4 is 28.6 Å². The van der Waals surface area contributed by atoms with Crippen molar-refractivity contribution in [2.24, 2.45) is 5.73 Å². The van der Waals surface area contributed by atoms with E-state index in [0.717, 1.165) is 30.5 Å². The third-order valence-electron chi connectivity index (χ3n) is 5.70. The normalized spacial score (nSPS) is 13.0. The van der Waals surface area contributed by atoms with Crippen LogP contribution in [0.2, 0.25) is 0 Å². The standard InChI is InChI=1S/C25H34N4O3.BrH/c1-5-18-9-8-16-14-29(24(27)22(16)28-18)15-20(30)17-12-19(25(2,3)4)23(31)21(13-17)32-11-7-6-10-26;/h8-9,12-13,27,31H,5-7,10-11,14-15,26H2,1-4H3;1H. The monoisotopic (exact) mass is 518 g/mol. The molecule has 2 heterocycles. The van der Waals surface area contributed by atoms with Crippen molar-refractivity contribution in [3.05, 3.63) is 52.3 Å². The Morgan fingerprint density at radius 1 is 1.27 bits per heavy atom. The molecule has 1 aliphatic heterocycles. The molecule has 0 spiro atoms. The van der Waals surface area contributed by atoms with E-state index in [-0.39, 0.29) is 46.3 Å². The van der Waals surface area contributed by atoms with Gasteiger partial charge in [-0.3, -0.25) is 10.2 Å². The Bertz CT molecular complexity index is 1020. The lowest BCUT2D eigenvalue weighted by molar-refractivity contribution is 0.0962. The summed E-state index contributed by atoms with van der Waals surface area (Å²) in [5.74, 6) is 0.526. The van der Waals surface area contributed by atoms with E-state index in [1.165, 1.54) is 0 Å². The number of rotatable bonds is 9. The smallest absolute Gasteiger partial charge is 0.182 e. The molecule has 0 saturated carbocycles. The van der Waals surface area contributed by atoms with Crippen LogP contribution in [0.5, 0.6) is 11.5 Å². The van der Waals surface area contributed by atoms with E-state index in [9.17, 15) is 9.90 Å². The first kappa shape index (κ1) is 26.8. The number of ketones is 1. The zero-order valence-electron chi connectivity index (χ0n) is 19.9. The van der Waals surface area contributed by atoms with Gasteiger partial charge in [-0.2, -0.15) is 0 Å². The summed E-state index contributed by atoms with van der Waals surface area (Å²) in [6.07, 6.45) is 2.41. The molecule has 0 radical (unpaired) electrons. The molecule has 33 heavy (non-hydrogen) atoms. The lowest BCUT2D eigenvalue weighted by Crippen LogP contribution is -2.30. The number of unbranched alkanes of at least 4 members (excludes halogenated alkanes) is 1. The predicted molar refractivity (Wildman–Crippen MR) is 136 cm³/mol. The molecule has 0 saturated heterocycles. The maximum Gasteiger partial charge on any atom is 0.182 e. The van der Waals surface area contributed by atoms with Crippen molar-refractivity contribution < 1.29 is 14.6 Å². The predicted octanol–water partition coefficient (Wildman–Crippen LogP) is 4.37. The van der Waals surface area contributed by atoms with Gasteiger partial charge < -0.3 is 20.5 Å². The number of hydrogen-bond acceptors (Lipinski definition) is 6. The molecule has 0 fully saturated rings.